The number of benzene rings is 1. The topological polar surface area (TPSA) is 47.6 Å². The van der Waals surface area contributed by atoms with Crippen molar-refractivity contribution >= 4 is 5.91 Å². The molecule has 1 atom stereocenters. The van der Waals surface area contributed by atoms with E-state index in [1.165, 1.54) is 12.8 Å². The third-order valence-electron chi connectivity index (χ3n) is 3.38. The highest BCUT2D eigenvalue weighted by atomic mass is 16.6. The molecular formula is C14H17NO3. The molecule has 0 radical (unpaired) electrons. The lowest BCUT2D eigenvalue weighted by Crippen LogP contribution is -2.27. The third-order valence-corrected chi connectivity index (χ3v) is 3.38. The number of amides is 1. The molecule has 2 aliphatic rings. The maximum Gasteiger partial charge on any atom is 0.217 e. The molecule has 0 aromatic heterocycles. The van der Waals surface area contributed by atoms with Gasteiger partial charge >= 0.3 is 0 Å². The van der Waals surface area contributed by atoms with E-state index in [1.807, 2.05) is 18.2 Å². The fraction of sp³-hybridized carbons (Fsp3) is 0.500. The third kappa shape index (κ3) is 2.28. The number of carbonyl (C=O) groups excluding carboxylic acids is 1. The second-order valence-electron chi connectivity index (χ2n) is 4.92. The number of hydrogen-bond acceptors (Lipinski definition) is 3. The van der Waals surface area contributed by atoms with Crippen LogP contribution in [-0.4, -0.2) is 19.1 Å². The second-order valence-corrected chi connectivity index (χ2v) is 4.92. The molecule has 1 saturated carbocycles. The number of carbonyl (C=O) groups is 1. The molecule has 1 unspecified atom stereocenters. The van der Waals surface area contributed by atoms with Crippen molar-refractivity contribution in [2.75, 3.05) is 13.2 Å². The monoisotopic (exact) mass is 247 g/mol. The number of hydrogen-bond donors (Lipinski definition) is 1. The first-order valence-electron chi connectivity index (χ1n) is 6.40. The summed E-state index contributed by atoms with van der Waals surface area (Å²) in [5.41, 5.74) is 1.11. The second kappa shape index (κ2) is 4.52. The first-order chi connectivity index (χ1) is 8.74. The molecular weight excluding hydrogens is 230 g/mol. The minimum atomic E-state index is 0.0155. The largest absolute Gasteiger partial charge is 0.486 e. The first-order valence-corrected chi connectivity index (χ1v) is 6.40. The number of fused-ring (bicyclic) bond motifs is 1. The fourth-order valence-electron chi connectivity index (χ4n) is 2.38. The van der Waals surface area contributed by atoms with E-state index >= 15 is 0 Å². The van der Waals surface area contributed by atoms with Crippen LogP contribution in [0.5, 0.6) is 11.5 Å². The molecule has 1 aliphatic heterocycles. The Labute approximate surface area is 106 Å². The Kier molecular flexibility index (Phi) is 2.86. The number of nitrogens with one attached hydrogen (secondary N) is 1. The summed E-state index contributed by atoms with van der Waals surface area (Å²) >= 11 is 0. The van der Waals surface area contributed by atoms with Gasteiger partial charge in [0.2, 0.25) is 5.91 Å². The Morgan fingerprint density at radius 2 is 2.00 bits per heavy atom. The van der Waals surface area contributed by atoms with Crippen LogP contribution >= 0.6 is 0 Å². The predicted octanol–water partition coefficient (Wildman–Crippen LogP) is 2.04. The van der Waals surface area contributed by atoms with Crippen LogP contribution in [0.3, 0.4) is 0 Å². The molecule has 1 aromatic carbocycles. The summed E-state index contributed by atoms with van der Waals surface area (Å²) in [6.45, 7) is 2.75. The average molecular weight is 247 g/mol. The van der Waals surface area contributed by atoms with Gasteiger partial charge in [-0.05, 0) is 36.5 Å². The highest BCUT2D eigenvalue weighted by Crippen LogP contribution is 2.43. The molecule has 1 aromatic rings. The summed E-state index contributed by atoms with van der Waals surface area (Å²) in [5, 5.41) is 3.03. The van der Waals surface area contributed by atoms with Crippen LogP contribution in [-0.2, 0) is 4.79 Å². The molecule has 1 N–H and O–H groups in total. The lowest BCUT2D eigenvalue weighted by molar-refractivity contribution is -0.119. The van der Waals surface area contributed by atoms with E-state index in [-0.39, 0.29) is 11.9 Å². The zero-order valence-electron chi connectivity index (χ0n) is 10.4. The molecule has 4 heteroatoms. The van der Waals surface area contributed by atoms with Crippen LogP contribution in [0.2, 0.25) is 0 Å². The average Bonchev–Trinajstić information content (AvgIpc) is 3.19. The Balaban J connectivity index is 1.87. The highest BCUT2D eigenvalue weighted by molar-refractivity contribution is 5.73. The van der Waals surface area contributed by atoms with Gasteiger partial charge in [0.25, 0.3) is 0 Å². The summed E-state index contributed by atoms with van der Waals surface area (Å²) in [6, 6.07) is 6.05. The van der Waals surface area contributed by atoms with E-state index in [4.69, 9.17) is 9.47 Å². The van der Waals surface area contributed by atoms with Crippen molar-refractivity contribution in [3.05, 3.63) is 23.8 Å². The SMILES string of the molecule is CC(=O)NC(c1ccc2c(c1)OCCO2)C1CC1. The van der Waals surface area contributed by atoms with Crippen molar-refractivity contribution < 1.29 is 14.3 Å². The lowest BCUT2D eigenvalue weighted by Gasteiger charge is -2.22. The van der Waals surface area contributed by atoms with Gasteiger partial charge in [-0.3, -0.25) is 4.79 Å². The van der Waals surface area contributed by atoms with Gasteiger partial charge in [-0.1, -0.05) is 6.07 Å². The zero-order valence-corrected chi connectivity index (χ0v) is 10.4. The van der Waals surface area contributed by atoms with Gasteiger partial charge in [-0.2, -0.15) is 0 Å². The molecule has 0 bridgehead atoms. The van der Waals surface area contributed by atoms with Crippen molar-refractivity contribution in [2.24, 2.45) is 5.92 Å². The quantitative estimate of drug-likeness (QED) is 0.889. The summed E-state index contributed by atoms with van der Waals surface area (Å²) in [6.07, 6.45) is 2.36. The molecule has 1 heterocycles. The minimum Gasteiger partial charge on any atom is -0.486 e. The summed E-state index contributed by atoms with van der Waals surface area (Å²) < 4.78 is 11.1. The lowest BCUT2D eigenvalue weighted by atomic mass is 10.0. The van der Waals surface area contributed by atoms with Gasteiger partial charge in [0.05, 0.1) is 6.04 Å². The number of rotatable bonds is 3. The normalized spacial score (nSPS) is 19.2. The van der Waals surface area contributed by atoms with Crippen molar-refractivity contribution in [2.45, 2.75) is 25.8 Å². The van der Waals surface area contributed by atoms with Gasteiger partial charge < -0.3 is 14.8 Å². The van der Waals surface area contributed by atoms with Gasteiger partial charge in [-0.25, -0.2) is 0 Å². The molecule has 1 aliphatic carbocycles. The first kappa shape index (κ1) is 11.4. The van der Waals surface area contributed by atoms with E-state index in [9.17, 15) is 4.79 Å². The summed E-state index contributed by atoms with van der Waals surface area (Å²) in [7, 11) is 0. The van der Waals surface area contributed by atoms with Gasteiger partial charge in [0, 0.05) is 6.92 Å². The van der Waals surface area contributed by atoms with E-state index in [1.54, 1.807) is 6.92 Å². The van der Waals surface area contributed by atoms with E-state index in [0.717, 1.165) is 17.1 Å². The maximum absolute atomic E-state index is 11.3. The Morgan fingerprint density at radius 1 is 1.28 bits per heavy atom. The Hall–Kier alpha value is -1.71. The Morgan fingerprint density at radius 3 is 2.67 bits per heavy atom. The van der Waals surface area contributed by atoms with Gasteiger partial charge in [0.15, 0.2) is 11.5 Å². The van der Waals surface area contributed by atoms with Crippen molar-refractivity contribution in [3.63, 3.8) is 0 Å². The van der Waals surface area contributed by atoms with Crippen LogP contribution < -0.4 is 14.8 Å². The summed E-state index contributed by atoms with van der Waals surface area (Å²) in [4.78, 5) is 11.3. The standard InChI is InChI=1S/C14H17NO3/c1-9(16)15-14(10-2-3-10)11-4-5-12-13(8-11)18-7-6-17-12/h4-5,8,10,14H,2-3,6-7H2,1H3,(H,15,16). The van der Waals surface area contributed by atoms with E-state index in [0.29, 0.717) is 19.1 Å². The molecule has 0 saturated heterocycles. The maximum atomic E-state index is 11.3. The molecule has 1 fully saturated rings. The van der Waals surface area contributed by atoms with Gasteiger partial charge in [-0.15, -0.1) is 0 Å². The molecule has 1 amide bonds. The van der Waals surface area contributed by atoms with E-state index < -0.39 is 0 Å². The highest BCUT2D eigenvalue weighted by Gasteiger charge is 2.33. The van der Waals surface area contributed by atoms with Crippen LogP contribution in [0, 0.1) is 5.92 Å². The smallest absolute Gasteiger partial charge is 0.217 e. The molecule has 3 rings (SSSR count). The predicted molar refractivity (Wildman–Crippen MR) is 66.7 cm³/mol. The van der Waals surface area contributed by atoms with E-state index in [2.05, 4.69) is 5.32 Å². The van der Waals surface area contributed by atoms with Crippen LogP contribution in [0.25, 0.3) is 0 Å². The molecule has 18 heavy (non-hydrogen) atoms. The molecule has 4 nitrogen and oxygen atoms in total. The van der Waals surface area contributed by atoms with Gasteiger partial charge in [0.1, 0.15) is 13.2 Å². The fourth-order valence-corrected chi connectivity index (χ4v) is 2.38. The number of ether oxygens (including phenoxy) is 2. The minimum absolute atomic E-state index is 0.0155. The van der Waals surface area contributed by atoms with Crippen LogP contribution in [0.4, 0.5) is 0 Å². The van der Waals surface area contributed by atoms with Crippen molar-refractivity contribution in [1.29, 1.82) is 0 Å². The molecule has 96 valence electrons. The Bertz CT molecular complexity index is 468. The summed E-state index contributed by atoms with van der Waals surface area (Å²) in [5.74, 6) is 2.16. The van der Waals surface area contributed by atoms with Crippen molar-refractivity contribution in [1.82, 2.24) is 5.32 Å². The molecule has 0 spiro atoms. The zero-order chi connectivity index (χ0) is 12.5. The van der Waals surface area contributed by atoms with Crippen LogP contribution in [0.1, 0.15) is 31.4 Å². The van der Waals surface area contributed by atoms with Crippen LogP contribution in [0.15, 0.2) is 18.2 Å². The van der Waals surface area contributed by atoms with Crippen molar-refractivity contribution in [3.8, 4) is 11.5 Å².